The second-order valence-electron chi connectivity index (χ2n) is 4.41. The van der Waals surface area contributed by atoms with E-state index in [4.69, 9.17) is 0 Å². The van der Waals surface area contributed by atoms with Crippen molar-refractivity contribution >= 4 is 17.5 Å². The largest absolute Gasteiger partial charge is 0.355 e. The number of anilines is 1. The van der Waals surface area contributed by atoms with Crippen molar-refractivity contribution in [2.75, 3.05) is 25.5 Å². The van der Waals surface area contributed by atoms with Crippen LogP contribution in [0.3, 0.4) is 0 Å². The lowest BCUT2D eigenvalue weighted by Gasteiger charge is -2.21. The molecule has 1 aliphatic rings. The summed E-state index contributed by atoms with van der Waals surface area (Å²) in [4.78, 5) is 23.8. The molecule has 1 heterocycles. The number of benzene rings is 1. The zero-order valence-corrected chi connectivity index (χ0v) is 11.0. The lowest BCUT2D eigenvalue weighted by Crippen LogP contribution is -2.36. The monoisotopic (exact) mass is 259 g/mol. The molecule has 5 nitrogen and oxygen atoms in total. The molecule has 1 aromatic rings. The molecule has 1 saturated heterocycles. The smallest absolute Gasteiger partial charge is 0.253 e. The van der Waals surface area contributed by atoms with Gasteiger partial charge in [-0.1, -0.05) is 12.1 Å². The van der Waals surface area contributed by atoms with E-state index in [1.54, 1.807) is 38.2 Å². The van der Waals surface area contributed by atoms with E-state index >= 15 is 0 Å². The molecule has 2 rings (SSSR count). The predicted octanol–water partition coefficient (Wildman–Crippen LogP) is 0.904. The molecule has 0 unspecified atom stereocenters. The first kappa shape index (κ1) is 13.3. The van der Waals surface area contributed by atoms with Crippen molar-refractivity contribution in [3.63, 3.8) is 0 Å². The van der Waals surface area contributed by atoms with Gasteiger partial charge in [0.25, 0.3) is 11.8 Å². The normalized spacial score (nSPS) is 13.5. The van der Waals surface area contributed by atoms with E-state index in [0.717, 1.165) is 18.7 Å². The highest BCUT2D eigenvalue weighted by Gasteiger charge is 2.17. The quantitative estimate of drug-likeness (QED) is 0.706. The fraction of sp³-hybridized carbons (Fsp3) is 0.286. The van der Waals surface area contributed by atoms with Crippen LogP contribution >= 0.6 is 0 Å². The third kappa shape index (κ3) is 2.82. The number of para-hydroxylation sites is 1. The summed E-state index contributed by atoms with van der Waals surface area (Å²) in [7, 11) is 1.56. The van der Waals surface area contributed by atoms with Gasteiger partial charge in [0.2, 0.25) is 0 Å². The molecule has 0 saturated carbocycles. The number of hydrogen-bond acceptors (Lipinski definition) is 3. The van der Waals surface area contributed by atoms with E-state index in [1.165, 1.54) is 0 Å². The number of carbonyl (C=O) groups is 2. The van der Waals surface area contributed by atoms with Gasteiger partial charge in [-0.05, 0) is 24.6 Å². The molecule has 0 radical (unpaired) electrons. The Hall–Kier alpha value is -2.14. The molecule has 2 amide bonds. The third-order valence-corrected chi connectivity index (χ3v) is 3.19. The summed E-state index contributed by atoms with van der Waals surface area (Å²) < 4.78 is 0. The summed E-state index contributed by atoms with van der Waals surface area (Å²) in [6, 6.07) is 6.96. The van der Waals surface area contributed by atoms with Crippen LogP contribution in [-0.2, 0) is 4.79 Å². The molecule has 0 atom stereocenters. The van der Waals surface area contributed by atoms with E-state index in [-0.39, 0.29) is 11.8 Å². The fourth-order valence-electron chi connectivity index (χ4n) is 1.82. The van der Waals surface area contributed by atoms with Crippen molar-refractivity contribution in [1.82, 2.24) is 10.6 Å². The summed E-state index contributed by atoms with van der Waals surface area (Å²) in [6.45, 7) is 3.32. The first-order valence-electron chi connectivity index (χ1n) is 6.15. The van der Waals surface area contributed by atoms with Gasteiger partial charge >= 0.3 is 0 Å². The molecular formula is C14H17N3O2. The predicted molar refractivity (Wildman–Crippen MR) is 74.0 cm³/mol. The van der Waals surface area contributed by atoms with Crippen LogP contribution in [0.5, 0.6) is 0 Å². The molecule has 3 N–H and O–H groups in total. The van der Waals surface area contributed by atoms with Crippen LogP contribution in [0.2, 0.25) is 0 Å². The third-order valence-electron chi connectivity index (χ3n) is 3.19. The second kappa shape index (κ2) is 5.67. The maximum atomic E-state index is 12.1. The van der Waals surface area contributed by atoms with Gasteiger partial charge in [0.05, 0.1) is 11.3 Å². The highest BCUT2D eigenvalue weighted by molar-refractivity contribution is 6.08. The van der Waals surface area contributed by atoms with Crippen LogP contribution in [-0.4, -0.2) is 32.0 Å². The Morgan fingerprint density at radius 2 is 1.89 bits per heavy atom. The Morgan fingerprint density at radius 3 is 2.47 bits per heavy atom. The number of hydrogen-bond donors (Lipinski definition) is 3. The van der Waals surface area contributed by atoms with Gasteiger partial charge in [-0.25, -0.2) is 0 Å². The SMILES string of the molecule is CNC(=O)c1ccccc1NC(=O)C(C)=C1CNC1. The maximum absolute atomic E-state index is 12.1. The van der Waals surface area contributed by atoms with Crippen LogP contribution in [0.1, 0.15) is 17.3 Å². The molecule has 1 aromatic carbocycles. The van der Waals surface area contributed by atoms with Crippen molar-refractivity contribution in [1.29, 1.82) is 0 Å². The van der Waals surface area contributed by atoms with Crippen LogP contribution in [0, 0.1) is 0 Å². The lowest BCUT2D eigenvalue weighted by molar-refractivity contribution is -0.112. The summed E-state index contributed by atoms with van der Waals surface area (Å²) >= 11 is 0. The van der Waals surface area contributed by atoms with E-state index in [1.807, 2.05) is 0 Å². The molecule has 0 spiro atoms. The molecular weight excluding hydrogens is 242 g/mol. The van der Waals surface area contributed by atoms with Gasteiger partial charge in [-0.3, -0.25) is 9.59 Å². The zero-order valence-electron chi connectivity index (χ0n) is 11.0. The number of nitrogens with one attached hydrogen (secondary N) is 3. The van der Waals surface area contributed by atoms with Crippen LogP contribution in [0.15, 0.2) is 35.4 Å². The first-order valence-corrected chi connectivity index (χ1v) is 6.15. The molecule has 5 heteroatoms. The van der Waals surface area contributed by atoms with Crippen molar-refractivity contribution in [2.24, 2.45) is 0 Å². The Kier molecular flexibility index (Phi) is 3.97. The highest BCUT2D eigenvalue weighted by Crippen LogP contribution is 2.17. The minimum Gasteiger partial charge on any atom is -0.355 e. The molecule has 0 aromatic heterocycles. The molecule has 0 bridgehead atoms. The summed E-state index contributed by atoms with van der Waals surface area (Å²) in [5, 5.41) is 8.44. The Morgan fingerprint density at radius 1 is 1.21 bits per heavy atom. The zero-order chi connectivity index (χ0) is 13.8. The van der Waals surface area contributed by atoms with Gasteiger partial charge < -0.3 is 16.0 Å². The molecule has 100 valence electrons. The molecule has 1 fully saturated rings. The number of amides is 2. The lowest BCUT2D eigenvalue weighted by atomic mass is 10.0. The van der Waals surface area contributed by atoms with Crippen molar-refractivity contribution in [3.8, 4) is 0 Å². The maximum Gasteiger partial charge on any atom is 0.253 e. The Bertz CT molecular complexity index is 543. The van der Waals surface area contributed by atoms with Crippen molar-refractivity contribution in [3.05, 3.63) is 41.0 Å². The van der Waals surface area contributed by atoms with E-state index in [9.17, 15) is 9.59 Å². The minimum absolute atomic E-state index is 0.159. The van der Waals surface area contributed by atoms with E-state index < -0.39 is 0 Å². The van der Waals surface area contributed by atoms with Gasteiger partial charge in [0.1, 0.15) is 0 Å². The van der Waals surface area contributed by atoms with E-state index in [0.29, 0.717) is 16.8 Å². The van der Waals surface area contributed by atoms with E-state index in [2.05, 4.69) is 16.0 Å². The molecule has 0 aliphatic carbocycles. The average Bonchev–Trinajstić information content (AvgIpc) is 2.36. The van der Waals surface area contributed by atoms with Crippen molar-refractivity contribution in [2.45, 2.75) is 6.92 Å². The standard InChI is InChI=1S/C14H17N3O2/c1-9(10-7-16-8-10)13(18)17-12-6-4-3-5-11(12)14(19)15-2/h3-6,16H,7-8H2,1-2H3,(H,15,19)(H,17,18). The molecule has 19 heavy (non-hydrogen) atoms. The second-order valence-corrected chi connectivity index (χ2v) is 4.41. The van der Waals surface area contributed by atoms with Gasteiger partial charge in [-0.15, -0.1) is 0 Å². The molecule has 1 aliphatic heterocycles. The van der Waals surface area contributed by atoms with Gasteiger partial charge in [0.15, 0.2) is 0 Å². The number of carbonyl (C=O) groups excluding carboxylic acids is 2. The highest BCUT2D eigenvalue weighted by atomic mass is 16.2. The Labute approximate surface area is 112 Å². The fourth-order valence-corrected chi connectivity index (χ4v) is 1.82. The van der Waals surface area contributed by atoms with Crippen molar-refractivity contribution < 1.29 is 9.59 Å². The summed E-state index contributed by atoms with van der Waals surface area (Å²) in [5.41, 5.74) is 2.81. The topological polar surface area (TPSA) is 70.2 Å². The first-order chi connectivity index (χ1) is 9.13. The van der Waals surface area contributed by atoms with Crippen LogP contribution < -0.4 is 16.0 Å². The van der Waals surface area contributed by atoms with Crippen LogP contribution in [0.4, 0.5) is 5.69 Å². The Balaban J connectivity index is 2.19. The summed E-state index contributed by atoms with van der Waals surface area (Å²) in [6.07, 6.45) is 0. The average molecular weight is 259 g/mol. The van der Waals surface area contributed by atoms with Crippen LogP contribution in [0.25, 0.3) is 0 Å². The number of rotatable bonds is 3. The van der Waals surface area contributed by atoms with Gasteiger partial charge in [0, 0.05) is 25.7 Å². The van der Waals surface area contributed by atoms with Gasteiger partial charge in [-0.2, -0.15) is 0 Å². The summed E-state index contributed by atoms with van der Waals surface area (Å²) in [5.74, 6) is -0.376. The minimum atomic E-state index is -0.216.